The van der Waals surface area contributed by atoms with Crippen molar-refractivity contribution in [2.45, 2.75) is 50.0 Å². The van der Waals surface area contributed by atoms with Gasteiger partial charge in [-0.15, -0.1) is 0 Å². The number of rotatable bonds is 8. The summed E-state index contributed by atoms with van der Waals surface area (Å²) in [5.74, 6) is -1.09. The van der Waals surface area contributed by atoms with Gasteiger partial charge in [0.1, 0.15) is 10.6 Å². The van der Waals surface area contributed by atoms with E-state index >= 15 is 0 Å². The zero-order valence-electron chi connectivity index (χ0n) is 12.4. The zero-order chi connectivity index (χ0) is 15.6. The van der Waals surface area contributed by atoms with Crippen LogP contribution in [0.1, 0.15) is 55.6 Å². The summed E-state index contributed by atoms with van der Waals surface area (Å²) in [6.07, 6.45) is 6.08. The van der Waals surface area contributed by atoms with Gasteiger partial charge in [-0.2, -0.15) is 0 Å². The first-order valence-electron chi connectivity index (χ1n) is 7.29. The number of nitrogens with zero attached hydrogens (tertiary/aromatic N) is 2. The summed E-state index contributed by atoms with van der Waals surface area (Å²) in [4.78, 5) is 11.3. The molecule has 0 atom stereocenters. The van der Waals surface area contributed by atoms with Crippen LogP contribution < -0.4 is 0 Å². The fraction of sp³-hybridized carbons (Fsp3) is 0.643. The van der Waals surface area contributed by atoms with Gasteiger partial charge >= 0.3 is 5.97 Å². The normalized spacial score (nSPS) is 15.6. The van der Waals surface area contributed by atoms with Crippen LogP contribution in [0.3, 0.4) is 0 Å². The van der Waals surface area contributed by atoms with E-state index in [0.717, 1.165) is 32.1 Å². The molecule has 21 heavy (non-hydrogen) atoms. The van der Waals surface area contributed by atoms with Crippen molar-refractivity contribution in [1.29, 1.82) is 0 Å². The zero-order valence-corrected chi connectivity index (χ0v) is 13.3. The maximum atomic E-state index is 12.5. The molecule has 1 N–H and O–H groups in total. The van der Waals surface area contributed by atoms with Crippen molar-refractivity contribution < 1.29 is 18.3 Å². The van der Waals surface area contributed by atoms with Crippen LogP contribution in [-0.2, 0) is 10.0 Å². The number of unbranched alkanes of at least 4 members (excludes halogenated alkanes) is 2. The Morgan fingerprint density at radius 3 is 2.62 bits per heavy atom. The molecule has 6 nitrogen and oxygen atoms in total. The molecule has 1 aliphatic rings. The van der Waals surface area contributed by atoms with Gasteiger partial charge in [-0.25, -0.2) is 17.5 Å². The molecule has 0 bridgehead atoms. The first-order chi connectivity index (χ1) is 9.87. The van der Waals surface area contributed by atoms with E-state index in [4.69, 9.17) is 0 Å². The maximum absolute atomic E-state index is 12.5. The predicted molar refractivity (Wildman–Crippen MR) is 79.0 cm³/mol. The van der Waals surface area contributed by atoms with Crippen molar-refractivity contribution >= 4 is 16.0 Å². The van der Waals surface area contributed by atoms with Gasteiger partial charge in [0.15, 0.2) is 0 Å². The molecule has 0 saturated heterocycles. The summed E-state index contributed by atoms with van der Waals surface area (Å²) in [5, 5.41) is 9.20. The Kier molecular flexibility index (Phi) is 4.73. The van der Waals surface area contributed by atoms with Crippen molar-refractivity contribution in [2.24, 2.45) is 0 Å². The van der Waals surface area contributed by atoms with Crippen LogP contribution in [-0.4, -0.2) is 42.0 Å². The average Bonchev–Trinajstić information content (AvgIpc) is 3.16. The van der Waals surface area contributed by atoms with Crippen LogP contribution in [0, 0.1) is 0 Å². The quantitative estimate of drug-likeness (QED) is 0.747. The van der Waals surface area contributed by atoms with E-state index < -0.39 is 16.0 Å². The summed E-state index contributed by atoms with van der Waals surface area (Å²) in [7, 11) is -2.07. The molecule has 0 unspecified atom stereocenters. The number of hydrogen-bond donors (Lipinski definition) is 1. The number of sulfonamides is 1. The second kappa shape index (κ2) is 6.19. The molecule has 0 aliphatic heterocycles. The largest absolute Gasteiger partial charge is 0.477 e. The third kappa shape index (κ3) is 3.47. The fourth-order valence-electron chi connectivity index (χ4n) is 2.31. The van der Waals surface area contributed by atoms with Crippen LogP contribution in [0.4, 0.5) is 0 Å². The Morgan fingerprint density at radius 2 is 2.10 bits per heavy atom. The van der Waals surface area contributed by atoms with Gasteiger partial charge in [-0.3, -0.25) is 0 Å². The van der Waals surface area contributed by atoms with Crippen molar-refractivity contribution in [3.05, 3.63) is 18.0 Å². The van der Waals surface area contributed by atoms with Crippen LogP contribution in [0.15, 0.2) is 17.2 Å². The number of carboxylic acids is 1. The van der Waals surface area contributed by atoms with Crippen molar-refractivity contribution in [3.8, 4) is 0 Å². The Hall–Kier alpha value is -1.34. The topological polar surface area (TPSA) is 79.6 Å². The Bertz CT molecular complexity index is 617. The molecule has 0 amide bonds. The van der Waals surface area contributed by atoms with Crippen molar-refractivity contribution in [3.63, 3.8) is 0 Å². The number of carbonyl (C=O) groups is 1. The van der Waals surface area contributed by atoms with Crippen molar-refractivity contribution in [1.82, 2.24) is 8.87 Å². The molecule has 1 fully saturated rings. The second-order valence-corrected chi connectivity index (χ2v) is 7.58. The predicted octanol–water partition coefficient (Wildman–Crippen LogP) is 2.33. The summed E-state index contributed by atoms with van der Waals surface area (Å²) >= 11 is 0. The standard InChI is InChI=1S/C14H22N2O4S/c1-3-4-5-8-15(2)21(19,20)12-9-13(14(17)18)16(10-12)11-6-7-11/h9-11H,3-8H2,1-2H3,(H,17,18). The molecule has 1 aromatic heterocycles. The van der Waals surface area contributed by atoms with E-state index in [9.17, 15) is 18.3 Å². The van der Waals surface area contributed by atoms with Crippen LogP contribution >= 0.6 is 0 Å². The Balaban J connectivity index is 2.23. The molecule has 1 heterocycles. The lowest BCUT2D eigenvalue weighted by molar-refractivity contribution is 0.0685. The highest BCUT2D eigenvalue weighted by Gasteiger charge is 2.31. The highest BCUT2D eigenvalue weighted by molar-refractivity contribution is 7.89. The molecule has 1 aromatic rings. The summed E-state index contributed by atoms with van der Waals surface area (Å²) in [6, 6.07) is 1.40. The summed E-state index contributed by atoms with van der Waals surface area (Å²) in [6.45, 7) is 2.51. The molecule has 2 rings (SSSR count). The molecular formula is C14H22N2O4S. The van der Waals surface area contributed by atoms with Gasteiger partial charge in [0.2, 0.25) is 10.0 Å². The van der Waals surface area contributed by atoms with Crippen LogP contribution in [0.5, 0.6) is 0 Å². The van der Waals surface area contributed by atoms with E-state index in [0.29, 0.717) is 6.54 Å². The molecule has 0 spiro atoms. The maximum Gasteiger partial charge on any atom is 0.352 e. The molecule has 0 radical (unpaired) electrons. The van der Waals surface area contributed by atoms with E-state index in [-0.39, 0.29) is 16.6 Å². The minimum absolute atomic E-state index is 0.0537. The number of aromatic carboxylic acids is 1. The highest BCUT2D eigenvalue weighted by Crippen LogP contribution is 2.37. The molecule has 7 heteroatoms. The van der Waals surface area contributed by atoms with Gasteiger partial charge in [-0.05, 0) is 25.3 Å². The van der Waals surface area contributed by atoms with Gasteiger partial charge in [0, 0.05) is 25.8 Å². The van der Waals surface area contributed by atoms with Gasteiger partial charge < -0.3 is 9.67 Å². The minimum Gasteiger partial charge on any atom is -0.477 e. The minimum atomic E-state index is -3.61. The monoisotopic (exact) mass is 314 g/mol. The SMILES string of the molecule is CCCCCN(C)S(=O)(=O)c1cc(C(=O)O)n(C2CC2)c1. The van der Waals surface area contributed by atoms with Crippen LogP contribution in [0.2, 0.25) is 0 Å². The first kappa shape index (κ1) is 16.0. The molecule has 1 aliphatic carbocycles. The third-order valence-electron chi connectivity index (χ3n) is 3.77. The molecule has 118 valence electrons. The highest BCUT2D eigenvalue weighted by atomic mass is 32.2. The van der Waals surface area contributed by atoms with Gasteiger partial charge in [-0.1, -0.05) is 19.8 Å². The average molecular weight is 314 g/mol. The van der Waals surface area contributed by atoms with Crippen molar-refractivity contribution in [2.75, 3.05) is 13.6 Å². The summed E-state index contributed by atoms with van der Waals surface area (Å²) < 4.78 is 27.8. The number of aromatic nitrogens is 1. The Morgan fingerprint density at radius 1 is 1.43 bits per heavy atom. The molecular weight excluding hydrogens is 292 g/mol. The van der Waals surface area contributed by atoms with E-state index in [1.54, 1.807) is 11.6 Å². The fourth-order valence-corrected chi connectivity index (χ4v) is 3.54. The van der Waals surface area contributed by atoms with Crippen LogP contribution in [0.25, 0.3) is 0 Å². The number of carboxylic acid groups (broad SMARTS) is 1. The van der Waals surface area contributed by atoms with E-state index in [1.807, 2.05) is 0 Å². The second-order valence-electron chi connectivity index (χ2n) is 5.54. The van der Waals surface area contributed by atoms with Gasteiger partial charge in [0.25, 0.3) is 0 Å². The van der Waals surface area contributed by atoms with E-state index in [2.05, 4.69) is 6.92 Å². The molecule has 1 saturated carbocycles. The lowest BCUT2D eigenvalue weighted by Crippen LogP contribution is -2.27. The lowest BCUT2D eigenvalue weighted by atomic mass is 10.2. The Labute approximate surface area is 125 Å². The summed E-state index contributed by atoms with van der Waals surface area (Å²) in [5.41, 5.74) is 0.0537. The number of hydrogen-bond acceptors (Lipinski definition) is 3. The smallest absolute Gasteiger partial charge is 0.352 e. The third-order valence-corrected chi connectivity index (χ3v) is 5.59. The lowest BCUT2D eigenvalue weighted by Gasteiger charge is -2.15. The van der Waals surface area contributed by atoms with E-state index in [1.165, 1.54) is 16.6 Å². The first-order valence-corrected chi connectivity index (χ1v) is 8.73. The molecule has 0 aromatic carbocycles. The van der Waals surface area contributed by atoms with Gasteiger partial charge in [0.05, 0.1) is 0 Å².